The topological polar surface area (TPSA) is 27.7 Å². The summed E-state index contributed by atoms with van der Waals surface area (Å²) in [5, 5.41) is 2.24. The molecular formula is C20H19ClO3. The van der Waals surface area contributed by atoms with Crippen LogP contribution in [-0.2, 0) is 6.61 Å². The maximum atomic E-state index is 6.44. The van der Waals surface area contributed by atoms with Crippen molar-refractivity contribution in [2.45, 2.75) is 13.5 Å². The highest BCUT2D eigenvalue weighted by atomic mass is 35.5. The summed E-state index contributed by atoms with van der Waals surface area (Å²) in [6.45, 7) is 2.44. The zero-order chi connectivity index (χ0) is 17.1. The molecule has 0 spiro atoms. The van der Waals surface area contributed by atoms with Crippen molar-refractivity contribution in [2.75, 3.05) is 14.2 Å². The van der Waals surface area contributed by atoms with Crippen molar-refractivity contribution in [1.29, 1.82) is 0 Å². The van der Waals surface area contributed by atoms with E-state index in [1.165, 1.54) is 0 Å². The molecular weight excluding hydrogens is 324 g/mol. The molecule has 0 fully saturated rings. The van der Waals surface area contributed by atoms with Crippen LogP contribution in [0.5, 0.6) is 17.2 Å². The van der Waals surface area contributed by atoms with E-state index in [0.29, 0.717) is 23.1 Å². The lowest BCUT2D eigenvalue weighted by molar-refractivity contribution is 0.308. The quantitative estimate of drug-likeness (QED) is 0.621. The highest BCUT2D eigenvalue weighted by molar-refractivity contribution is 6.36. The van der Waals surface area contributed by atoms with E-state index in [9.17, 15) is 0 Å². The predicted molar refractivity (Wildman–Crippen MR) is 97.6 cm³/mol. The number of hydrogen-bond donors (Lipinski definition) is 0. The molecule has 0 aliphatic heterocycles. The Kier molecular flexibility index (Phi) is 4.81. The molecule has 0 atom stereocenters. The maximum Gasteiger partial charge on any atom is 0.131 e. The molecule has 124 valence electrons. The molecule has 3 nitrogen and oxygen atoms in total. The number of ether oxygens (including phenoxy) is 3. The second-order valence-corrected chi connectivity index (χ2v) is 5.91. The van der Waals surface area contributed by atoms with E-state index in [2.05, 4.69) is 0 Å². The van der Waals surface area contributed by atoms with Crippen LogP contribution < -0.4 is 14.2 Å². The number of fused-ring (bicyclic) bond motifs is 1. The molecule has 4 heteroatoms. The van der Waals surface area contributed by atoms with Gasteiger partial charge in [0.2, 0.25) is 0 Å². The normalized spacial score (nSPS) is 10.7. The van der Waals surface area contributed by atoms with Crippen molar-refractivity contribution < 1.29 is 14.2 Å². The van der Waals surface area contributed by atoms with E-state index in [1.54, 1.807) is 14.2 Å². The van der Waals surface area contributed by atoms with Crippen LogP contribution in [-0.4, -0.2) is 14.2 Å². The summed E-state index contributed by atoms with van der Waals surface area (Å²) in [7, 11) is 3.28. The first-order chi connectivity index (χ1) is 11.7. The van der Waals surface area contributed by atoms with Gasteiger partial charge in [-0.25, -0.2) is 0 Å². The van der Waals surface area contributed by atoms with Crippen LogP contribution in [0, 0.1) is 6.92 Å². The van der Waals surface area contributed by atoms with Crippen LogP contribution in [0.1, 0.15) is 11.1 Å². The molecule has 0 bridgehead atoms. The fourth-order valence-electron chi connectivity index (χ4n) is 2.84. The van der Waals surface area contributed by atoms with Gasteiger partial charge in [-0.1, -0.05) is 41.9 Å². The fourth-order valence-corrected chi connectivity index (χ4v) is 3.08. The maximum absolute atomic E-state index is 6.44. The van der Waals surface area contributed by atoms with Crippen molar-refractivity contribution in [1.82, 2.24) is 0 Å². The minimum absolute atomic E-state index is 0.469. The first kappa shape index (κ1) is 16.5. The molecule has 0 saturated heterocycles. The lowest BCUT2D eigenvalue weighted by Crippen LogP contribution is -1.99. The second-order valence-electron chi connectivity index (χ2n) is 5.50. The molecule has 3 aromatic carbocycles. The largest absolute Gasteiger partial charge is 0.496 e. The van der Waals surface area contributed by atoms with Crippen LogP contribution >= 0.6 is 11.6 Å². The standard InChI is InChI=1S/C20H19ClO3/c1-13-11-17(22-2)19-16(24-12-14-7-5-4-6-8-14)10-9-15(21)18(19)20(13)23-3/h4-11H,12H2,1-3H3. The summed E-state index contributed by atoms with van der Waals surface area (Å²) in [6, 6.07) is 15.7. The van der Waals surface area contributed by atoms with Gasteiger partial charge in [-0.3, -0.25) is 0 Å². The third kappa shape index (κ3) is 3.00. The minimum Gasteiger partial charge on any atom is -0.496 e. The number of benzene rings is 3. The number of methoxy groups -OCH3 is 2. The van der Waals surface area contributed by atoms with E-state index in [1.807, 2.05) is 55.5 Å². The van der Waals surface area contributed by atoms with Crippen molar-refractivity contribution >= 4 is 22.4 Å². The molecule has 0 aromatic heterocycles. The van der Waals surface area contributed by atoms with Crippen LogP contribution in [0.4, 0.5) is 0 Å². The molecule has 0 N–H and O–H groups in total. The van der Waals surface area contributed by atoms with E-state index in [4.69, 9.17) is 25.8 Å². The summed E-state index contributed by atoms with van der Waals surface area (Å²) in [5.41, 5.74) is 2.06. The summed E-state index contributed by atoms with van der Waals surface area (Å²) < 4.78 is 17.2. The summed E-state index contributed by atoms with van der Waals surface area (Å²) in [5.74, 6) is 2.17. The van der Waals surface area contributed by atoms with Gasteiger partial charge in [-0.15, -0.1) is 0 Å². The van der Waals surface area contributed by atoms with Gasteiger partial charge >= 0.3 is 0 Å². The number of hydrogen-bond acceptors (Lipinski definition) is 3. The zero-order valence-corrected chi connectivity index (χ0v) is 14.7. The smallest absolute Gasteiger partial charge is 0.131 e. The number of aryl methyl sites for hydroxylation is 1. The SMILES string of the molecule is COc1cc(C)c(OC)c2c(Cl)ccc(OCc3ccccc3)c12. The molecule has 0 saturated carbocycles. The number of halogens is 1. The van der Waals surface area contributed by atoms with Crippen LogP contribution in [0.2, 0.25) is 5.02 Å². The highest BCUT2D eigenvalue weighted by Crippen LogP contribution is 2.45. The molecule has 0 heterocycles. The first-order valence-electron chi connectivity index (χ1n) is 7.66. The minimum atomic E-state index is 0.469. The van der Waals surface area contributed by atoms with Gasteiger partial charge in [-0.05, 0) is 36.2 Å². The van der Waals surface area contributed by atoms with Gasteiger partial charge < -0.3 is 14.2 Å². The summed E-state index contributed by atoms with van der Waals surface area (Å²) >= 11 is 6.44. The average Bonchev–Trinajstić information content (AvgIpc) is 2.61. The highest BCUT2D eigenvalue weighted by Gasteiger charge is 2.18. The van der Waals surface area contributed by atoms with Gasteiger partial charge in [0.15, 0.2) is 0 Å². The summed E-state index contributed by atoms with van der Waals surface area (Å²) in [4.78, 5) is 0. The van der Waals surface area contributed by atoms with Gasteiger partial charge in [0.05, 0.1) is 30.0 Å². The molecule has 24 heavy (non-hydrogen) atoms. The van der Waals surface area contributed by atoms with Gasteiger partial charge in [-0.2, -0.15) is 0 Å². The van der Waals surface area contributed by atoms with Crippen molar-refractivity contribution in [3.63, 3.8) is 0 Å². The summed E-state index contributed by atoms with van der Waals surface area (Å²) in [6.07, 6.45) is 0. The van der Waals surface area contributed by atoms with E-state index < -0.39 is 0 Å². The van der Waals surface area contributed by atoms with E-state index in [-0.39, 0.29) is 0 Å². The lowest BCUT2D eigenvalue weighted by atomic mass is 10.0. The van der Waals surface area contributed by atoms with Gasteiger partial charge in [0.25, 0.3) is 0 Å². The first-order valence-corrected chi connectivity index (χ1v) is 8.04. The third-order valence-electron chi connectivity index (χ3n) is 3.96. The molecule has 0 amide bonds. The Balaban J connectivity index is 2.13. The second kappa shape index (κ2) is 7.02. The van der Waals surface area contributed by atoms with Gasteiger partial charge in [0, 0.05) is 0 Å². The van der Waals surface area contributed by atoms with Crippen LogP contribution in [0.15, 0.2) is 48.5 Å². The Morgan fingerprint density at radius 2 is 1.62 bits per heavy atom. The molecule has 3 aromatic rings. The fraction of sp³-hybridized carbons (Fsp3) is 0.200. The average molecular weight is 343 g/mol. The Labute approximate surface area is 146 Å². The van der Waals surface area contributed by atoms with Gasteiger partial charge in [0.1, 0.15) is 23.9 Å². The van der Waals surface area contributed by atoms with Crippen molar-refractivity contribution in [2.24, 2.45) is 0 Å². The number of rotatable bonds is 5. The Morgan fingerprint density at radius 1 is 0.875 bits per heavy atom. The van der Waals surface area contributed by atoms with E-state index >= 15 is 0 Å². The third-order valence-corrected chi connectivity index (χ3v) is 4.27. The monoisotopic (exact) mass is 342 g/mol. The molecule has 0 radical (unpaired) electrons. The molecule has 0 unspecified atom stereocenters. The Hall–Kier alpha value is -2.39. The molecule has 0 aliphatic rings. The van der Waals surface area contributed by atoms with Crippen molar-refractivity contribution in [3.05, 3.63) is 64.7 Å². The van der Waals surface area contributed by atoms with Crippen molar-refractivity contribution in [3.8, 4) is 17.2 Å². The predicted octanol–water partition coefficient (Wildman–Crippen LogP) is 5.40. The Bertz CT molecular complexity index is 860. The Morgan fingerprint density at radius 3 is 2.29 bits per heavy atom. The zero-order valence-electron chi connectivity index (χ0n) is 13.9. The van der Waals surface area contributed by atoms with E-state index in [0.717, 1.165) is 27.6 Å². The lowest BCUT2D eigenvalue weighted by Gasteiger charge is -2.17. The molecule has 0 aliphatic carbocycles. The van der Waals surface area contributed by atoms with Crippen LogP contribution in [0.3, 0.4) is 0 Å². The van der Waals surface area contributed by atoms with Crippen LogP contribution in [0.25, 0.3) is 10.8 Å². The molecule has 3 rings (SSSR count).